The predicted molar refractivity (Wildman–Crippen MR) is 57.8 cm³/mol. The van der Waals surface area contributed by atoms with E-state index in [0.717, 1.165) is 0 Å². The highest BCUT2D eigenvalue weighted by Gasteiger charge is 2.10. The minimum absolute atomic E-state index is 0.0149. The van der Waals surface area contributed by atoms with Crippen molar-refractivity contribution in [1.82, 2.24) is 0 Å². The fraction of sp³-hybridized carbons (Fsp3) is 0. The summed E-state index contributed by atoms with van der Waals surface area (Å²) >= 11 is 0. The maximum Gasteiger partial charge on any atom is 0.446 e. The Labute approximate surface area is 91.9 Å². The third-order valence-corrected chi connectivity index (χ3v) is 2.41. The Bertz CT molecular complexity index is 633. The molecule has 0 amide bonds. The molecule has 0 aliphatic heterocycles. The van der Waals surface area contributed by atoms with Crippen LogP contribution in [0.4, 0.5) is 0 Å². The Kier molecular flexibility index (Phi) is 2.45. The highest BCUT2D eigenvalue weighted by atomic mass is 32.3. The van der Waals surface area contributed by atoms with Gasteiger partial charge in [0.2, 0.25) is 0 Å². The first-order valence-electron chi connectivity index (χ1n) is 4.34. The van der Waals surface area contributed by atoms with E-state index in [1.165, 1.54) is 18.2 Å². The van der Waals surface area contributed by atoms with Crippen LogP contribution in [0.2, 0.25) is 0 Å². The maximum atomic E-state index is 10.6. The van der Waals surface area contributed by atoms with E-state index in [2.05, 4.69) is 4.18 Å². The molecule has 0 aliphatic carbocycles. The molecular formula is C10H8O5S. The van der Waals surface area contributed by atoms with Crippen molar-refractivity contribution in [2.45, 2.75) is 0 Å². The van der Waals surface area contributed by atoms with Crippen LogP contribution in [0, 0.1) is 0 Å². The van der Waals surface area contributed by atoms with E-state index in [4.69, 9.17) is 4.55 Å². The van der Waals surface area contributed by atoms with Gasteiger partial charge in [0.15, 0.2) is 5.75 Å². The lowest BCUT2D eigenvalue weighted by atomic mass is 10.1. The van der Waals surface area contributed by atoms with Crippen molar-refractivity contribution >= 4 is 21.2 Å². The zero-order chi connectivity index (χ0) is 11.8. The molecule has 0 saturated heterocycles. The third-order valence-electron chi connectivity index (χ3n) is 2.02. The quantitative estimate of drug-likeness (QED) is 0.781. The van der Waals surface area contributed by atoms with Crippen molar-refractivity contribution < 1.29 is 22.3 Å². The van der Waals surface area contributed by atoms with Gasteiger partial charge in [-0.3, -0.25) is 4.55 Å². The van der Waals surface area contributed by atoms with Crippen LogP contribution in [-0.2, 0) is 10.4 Å². The topological polar surface area (TPSA) is 83.8 Å². The summed E-state index contributed by atoms with van der Waals surface area (Å²) in [5.41, 5.74) is 0. The van der Waals surface area contributed by atoms with Gasteiger partial charge in [-0.15, -0.1) is 0 Å². The van der Waals surface area contributed by atoms with E-state index in [1.54, 1.807) is 18.2 Å². The monoisotopic (exact) mass is 240 g/mol. The van der Waals surface area contributed by atoms with Crippen molar-refractivity contribution in [1.29, 1.82) is 0 Å². The highest BCUT2D eigenvalue weighted by Crippen LogP contribution is 2.29. The number of phenols is 1. The third kappa shape index (κ3) is 2.23. The molecule has 2 N–H and O–H groups in total. The number of benzene rings is 2. The summed E-state index contributed by atoms with van der Waals surface area (Å²) in [5.74, 6) is -0.0465. The molecule has 6 heteroatoms. The summed E-state index contributed by atoms with van der Waals surface area (Å²) in [7, 11) is -4.56. The van der Waals surface area contributed by atoms with Gasteiger partial charge in [0.1, 0.15) is 5.75 Å². The molecule has 2 aromatic rings. The van der Waals surface area contributed by atoms with Crippen LogP contribution in [-0.4, -0.2) is 18.1 Å². The fourth-order valence-electron chi connectivity index (χ4n) is 1.42. The molecule has 16 heavy (non-hydrogen) atoms. The Morgan fingerprint density at radius 3 is 2.56 bits per heavy atom. The van der Waals surface area contributed by atoms with Gasteiger partial charge in [-0.1, -0.05) is 18.2 Å². The maximum absolute atomic E-state index is 10.6. The number of phenolic OH excluding ortho intramolecular Hbond substituents is 1. The normalized spacial score (nSPS) is 11.6. The number of fused-ring (bicyclic) bond motifs is 1. The lowest BCUT2D eigenvalue weighted by molar-refractivity contribution is 0.388. The van der Waals surface area contributed by atoms with E-state index in [9.17, 15) is 13.5 Å². The van der Waals surface area contributed by atoms with Crippen LogP contribution >= 0.6 is 0 Å². The molecular weight excluding hydrogens is 232 g/mol. The van der Waals surface area contributed by atoms with E-state index in [-0.39, 0.29) is 11.5 Å². The van der Waals surface area contributed by atoms with Gasteiger partial charge in [0.25, 0.3) is 0 Å². The van der Waals surface area contributed by atoms with Gasteiger partial charge in [0, 0.05) is 5.39 Å². The second-order valence-electron chi connectivity index (χ2n) is 3.17. The molecule has 2 aromatic carbocycles. The second-order valence-corrected chi connectivity index (χ2v) is 4.19. The van der Waals surface area contributed by atoms with Crippen molar-refractivity contribution in [2.24, 2.45) is 0 Å². The molecule has 0 atom stereocenters. The largest absolute Gasteiger partial charge is 0.508 e. The Morgan fingerprint density at radius 1 is 1.12 bits per heavy atom. The average Bonchev–Trinajstić information content (AvgIpc) is 2.17. The van der Waals surface area contributed by atoms with Gasteiger partial charge >= 0.3 is 10.4 Å². The molecule has 0 spiro atoms. The SMILES string of the molecule is O=S(=O)(O)Oc1cccc2ccc(O)cc12. The van der Waals surface area contributed by atoms with E-state index in [0.29, 0.717) is 10.8 Å². The van der Waals surface area contributed by atoms with Crippen LogP contribution in [0.3, 0.4) is 0 Å². The van der Waals surface area contributed by atoms with Gasteiger partial charge in [-0.25, -0.2) is 0 Å². The van der Waals surface area contributed by atoms with Crippen LogP contribution < -0.4 is 4.18 Å². The predicted octanol–water partition coefficient (Wildman–Crippen LogP) is 1.73. The Morgan fingerprint density at radius 2 is 1.88 bits per heavy atom. The fourth-order valence-corrected chi connectivity index (χ4v) is 1.79. The number of aromatic hydroxyl groups is 1. The molecule has 0 aromatic heterocycles. The summed E-state index contributed by atoms with van der Waals surface area (Å²) in [5, 5.41) is 10.4. The standard InChI is InChI=1S/C10H8O5S/c11-8-5-4-7-2-1-3-10(9(7)6-8)15-16(12,13)14/h1-6,11H,(H,12,13,14). The van der Waals surface area contributed by atoms with Gasteiger partial charge in [-0.2, -0.15) is 8.42 Å². The molecule has 84 valence electrons. The zero-order valence-corrected chi connectivity index (χ0v) is 8.81. The molecule has 0 radical (unpaired) electrons. The van der Waals surface area contributed by atoms with Crippen LogP contribution in [0.5, 0.6) is 11.5 Å². The number of rotatable bonds is 2. The van der Waals surface area contributed by atoms with Crippen molar-refractivity contribution in [3.8, 4) is 11.5 Å². The summed E-state index contributed by atoms with van der Waals surface area (Å²) in [6.07, 6.45) is 0. The van der Waals surface area contributed by atoms with Crippen molar-refractivity contribution in [2.75, 3.05) is 0 Å². The van der Waals surface area contributed by atoms with Crippen LogP contribution in [0.25, 0.3) is 10.8 Å². The summed E-state index contributed by atoms with van der Waals surface area (Å²) < 4.78 is 34.2. The summed E-state index contributed by atoms with van der Waals surface area (Å²) in [6, 6.07) is 9.14. The molecule has 2 rings (SSSR count). The Hall–Kier alpha value is -1.79. The van der Waals surface area contributed by atoms with Crippen LogP contribution in [0.15, 0.2) is 36.4 Å². The molecule has 0 fully saturated rings. The average molecular weight is 240 g/mol. The lowest BCUT2D eigenvalue weighted by Gasteiger charge is -2.05. The molecule has 0 saturated carbocycles. The summed E-state index contributed by atoms with van der Waals surface area (Å²) in [6.45, 7) is 0. The Balaban J connectivity index is 2.65. The van der Waals surface area contributed by atoms with Crippen LogP contribution in [0.1, 0.15) is 0 Å². The lowest BCUT2D eigenvalue weighted by Crippen LogP contribution is -2.06. The van der Waals surface area contributed by atoms with E-state index < -0.39 is 10.4 Å². The van der Waals surface area contributed by atoms with Gasteiger partial charge in [0.05, 0.1) is 0 Å². The highest BCUT2D eigenvalue weighted by molar-refractivity contribution is 7.81. The van der Waals surface area contributed by atoms with Crippen molar-refractivity contribution in [3.63, 3.8) is 0 Å². The first-order chi connectivity index (χ1) is 7.46. The van der Waals surface area contributed by atoms with Crippen molar-refractivity contribution in [3.05, 3.63) is 36.4 Å². The number of hydrogen-bond acceptors (Lipinski definition) is 4. The first-order valence-corrected chi connectivity index (χ1v) is 5.71. The minimum atomic E-state index is -4.56. The molecule has 5 nitrogen and oxygen atoms in total. The number of hydrogen-bond donors (Lipinski definition) is 2. The smallest absolute Gasteiger partial charge is 0.446 e. The zero-order valence-electron chi connectivity index (χ0n) is 7.99. The van der Waals surface area contributed by atoms with E-state index >= 15 is 0 Å². The molecule has 0 bridgehead atoms. The van der Waals surface area contributed by atoms with Gasteiger partial charge in [-0.05, 0) is 23.6 Å². The summed E-state index contributed by atoms with van der Waals surface area (Å²) in [4.78, 5) is 0. The minimum Gasteiger partial charge on any atom is -0.508 e. The molecule has 0 heterocycles. The van der Waals surface area contributed by atoms with E-state index in [1.807, 2.05) is 0 Å². The van der Waals surface area contributed by atoms with Gasteiger partial charge < -0.3 is 9.29 Å². The molecule has 0 aliphatic rings. The molecule has 0 unspecified atom stereocenters. The first kappa shape index (κ1) is 10.7. The second kappa shape index (κ2) is 3.66.